The highest BCUT2D eigenvalue weighted by Crippen LogP contribution is 2.30. The first-order chi connectivity index (χ1) is 15.8. The first-order valence-corrected chi connectivity index (χ1v) is 12.2. The van der Waals surface area contributed by atoms with Crippen LogP contribution in [0.2, 0.25) is 0 Å². The molecule has 2 heterocycles. The van der Waals surface area contributed by atoms with E-state index in [0.29, 0.717) is 10.6 Å². The zero-order valence-electron chi connectivity index (χ0n) is 17.2. The van der Waals surface area contributed by atoms with Crippen molar-refractivity contribution in [2.24, 2.45) is 0 Å². The molecule has 12 nitrogen and oxygen atoms in total. The standard InChI is InChI=1S/C20H15N3O9S2/c1-10-2-5-12(6-3-10)34(30,31)32-11-4-7-14(15(8-11)33(27,28)29)23-16(24)9-13-17(18(23)21)20(26)22-19(13)25/h2-9H,21H2,1H3,(H,22,25,26)(H,27,28,29). The number of amides is 2. The molecule has 2 amide bonds. The highest BCUT2D eigenvalue weighted by molar-refractivity contribution is 7.87. The molecule has 34 heavy (non-hydrogen) atoms. The summed E-state index contributed by atoms with van der Waals surface area (Å²) >= 11 is 0. The predicted octanol–water partition coefficient (Wildman–Crippen LogP) is 0.626. The van der Waals surface area contributed by atoms with Crippen molar-refractivity contribution in [1.29, 1.82) is 0 Å². The fourth-order valence-corrected chi connectivity index (χ4v) is 4.96. The average molecular weight is 505 g/mol. The van der Waals surface area contributed by atoms with Gasteiger partial charge in [0.25, 0.3) is 27.5 Å². The van der Waals surface area contributed by atoms with Gasteiger partial charge in [-0.05, 0) is 31.2 Å². The minimum absolute atomic E-state index is 0.203. The summed E-state index contributed by atoms with van der Waals surface area (Å²) in [5.41, 5.74) is 4.58. The van der Waals surface area contributed by atoms with Gasteiger partial charge in [0.1, 0.15) is 21.4 Å². The van der Waals surface area contributed by atoms with Crippen molar-refractivity contribution in [2.75, 3.05) is 5.73 Å². The molecule has 0 bridgehead atoms. The van der Waals surface area contributed by atoms with Crippen LogP contribution in [0, 0.1) is 6.92 Å². The number of carbonyl (C=O) groups is 2. The van der Waals surface area contributed by atoms with Crippen LogP contribution in [0.1, 0.15) is 26.3 Å². The molecule has 0 radical (unpaired) electrons. The van der Waals surface area contributed by atoms with E-state index in [4.69, 9.17) is 9.92 Å². The van der Waals surface area contributed by atoms with E-state index < -0.39 is 59.8 Å². The van der Waals surface area contributed by atoms with Crippen LogP contribution in [0.3, 0.4) is 0 Å². The normalized spacial score (nSPS) is 13.5. The number of anilines is 1. The van der Waals surface area contributed by atoms with Crippen molar-refractivity contribution in [3.05, 3.63) is 75.6 Å². The summed E-state index contributed by atoms with van der Waals surface area (Å²) in [6.07, 6.45) is 0. The number of nitrogens with zero attached hydrogens (tertiary/aromatic N) is 1. The third kappa shape index (κ3) is 3.93. The molecule has 3 aromatic rings. The lowest BCUT2D eigenvalue weighted by Crippen LogP contribution is -2.25. The van der Waals surface area contributed by atoms with Crippen molar-refractivity contribution < 1.29 is 35.2 Å². The van der Waals surface area contributed by atoms with Crippen LogP contribution in [-0.4, -0.2) is 37.8 Å². The molecule has 176 valence electrons. The Morgan fingerprint density at radius 2 is 1.59 bits per heavy atom. The van der Waals surface area contributed by atoms with Crippen LogP contribution in [0.5, 0.6) is 5.75 Å². The number of nitrogens with two attached hydrogens (primary N) is 1. The summed E-state index contributed by atoms with van der Waals surface area (Å²) in [4.78, 5) is 35.4. The fraction of sp³-hybridized carbons (Fsp3) is 0.0500. The second-order valence-corrected chi connectivity index (χ2v) is 10.2. The number of nitrogen functional groups attached to an aromatic ring is 1. The van der Waals surface area contributed by atoms with Gasteiger partial charge >= 0.3 is 10.1 Å². The van der Waals surface area contributed by atoms with Crippen molar-refractivity contribution in [2.45, 2.75) is 16.7 Å². The molecule has 1 aliphatic heterocycles. The van der Waals surface area contributed by atoms with Gasteiger partial charge in [-0.15, -0.1) is 0 Å². The van der Waals surface area contributed by atoms with Gasteiger partial charge in [-0.3, -0.25) is 28.8 Å². The highest BCUT2D eigenvalue weighted by Gasteiger charge is 2.33. The van der Waals surface area contributed by atoms with Crippen molar-refractivity contribution in [1.82, 2.24) is 9.88 Å². The van der Waals surface area contributed by atoms with Crippen LogP contribution in [0.4, 0.5) is 5.82 Å². The fourth-order valence-electron chi connectivity index (χ4n) is 3.35. The quantitative estimate of drug-likeness (QED) is 0.252. The van der Waals surface area contributed by atoms with Gasteiger partial charge in [0, 0.05) is 12.1 Å². The largest absolute Gasteiger partial charge is 0.384 e. The Morgan fingerprint density at radius 1 is 0.941 bits per heavy atom. The second-order valence-electron chi connectivity index (χ2n) is 7.23. The Balaban J connectivity index is 1.87. The maximum absolute atomic E-state index is 12.6. The van der Waals surface area contributed by atoms with E-state index in [2.05, 4.69) is 0 Å². The van der Waals surface area contributed by atoms with E-state index >= 15 is 0 Å². The van der Waals surface area contributed by atoms with Crippen LogP contribution in [0.15, 0.2) is 63.1 Å². The van der Waals surface area contributed by atoms with Gasteiger partial charge in [0.05, 0.1) is 16.8 Å². The molecular formula is C20H15N3O9S2. The number of aromatic nitrogens is 1. The number of carbonyl (C=O) groups excluding carboxylic acids is 2. The minimum Gasteiger partial charge on any atom is -0.384 e. The number of nitrogens with one attached hydrogen (secondary N) is 1. The van der Waals surface area contributed by atoms with Gasteiger partial charge < -0.3 is 9.92 Å². The van der Waals surface area contributed by atoms with E-state index in [0.717, 1.165) is 23.8 Å². The number of hydrogen-bond donors (Lipinski definition) is 3. The molecule has 0 fully saturated rings. The summed E-state index contributed by atoms with van der Waals surface area (Å²) in [6, 6.07) is 9.11. The number of imide groups is 1. The average Bonchev–Trinajstić information content (AvgIpc) is 3.01. The number of fused-ring (bicyclic) bond motifs is 1. The maximum Gasteiger partial charge on any atom is 0.339 e. The Bertz CT molecular complexity index is 1660. The Morgan fingerprint density at radius 3 is 2.21 bits per heavy atom. The van der Waals surface area contributed by atoms with Crippen LogP contribution >= 0.6 is 0 Å². The molecule has 0 atom stereocenters. The summed E-state index contributed by atoms with van der Waals surface area (Å²) in [6.45, 7) is 1.75. The Labute approximate surface area is 192 Å². The monoisotopic (exact) mass is 505 g/mol. The summed E-state index contributed by atoms with van der Waals surface area (Å²) < 4.78 is 64.6. The summed E-state index contributed by atoms with van der Waals surface area (Å²) in [5, 5.41) is 1.96. The van der Waals surface area contributed by atoms with Crippen molar-refractivity contribution in [3.8, 4) is 11.4 Å². The van der Waals surface area contributed by atoms with Crippen LogP contribution < -0.4 is 20.8 Å². The van der Waals surface area contributed by atoms with E-state index in [9.17, 15) is 35.8 Å². The highest BCUT2D eigenvalue weighted by atomic mass is 32.2. The van der Waals surface area contributed by atoms with Gasteiger partial charge in [-0.1, -0.05) is 17.7 Å². The molecule has 4 N–H and O–H groups in total. The molecule has 0 spiro atoms. The molecule has 1 aliphatic rings. The van der Waals surface area contributed by atoms with Gasteiger partial charge in [0.15, 0.2) is 0 Å². The molecular weight excluding hydrogens is 490 g/mol. The molecule has 14 heteroatoms. The topological polar surface area (TPSA) is 192 Å². The lowest BCUT2D eigenvalue weighted by Gasteiger charge is -2.16. The first-order valence-electron chi connectivity index (χ1n) is 9.34. The van der Waals surface area contributed by atoms with E-state index in [-0.39, 0.29) is 16.0 Å². The maximum atomic E-state index is 12.6. The van der Waals surface area contributed by atoms with Gasteiger partial charge in [0.2, 0.25) is 0 Å². The zero-order valence-corrected chi connectivity index (χ0v) is 18.8. The second kappa shape index (κ2) is 7.79. The zero-order chi connectivity index (χ0) is 25.0. The van der Waals surface area contributed by atoms with E-state index in [1.54, 1.807) is 6.92 Å². The van der Waals surface area contributed by atoms with Crippen LogP contribution in [0.25, 0.3) is 5.69 Å². The SMILES string of the molecule is Cc1ccc(S(=O)(=O)Oc2ccc(-n3c(N)c4c(cc3=O)C(=O)NC4=O)c(S(=O)(=O)O)c2)cc1. The third-order valence-electron chi connectivity index (χ3n) is 4.92. The third-order valence-corrected chi connectivity index (χ3v) is 7.06. The number of benzene rings is 2. The van der Waals surface area contributed by atoms with Crippen LogP contribution in [-0.2, 0) is 20.2 Å². The number of pyridine rings is 1. The molecule has 0 saturated heterocycles. The molecule has 4 rings (SSSR count). The summed E-state index contributed by atoms with van der Waals surface area (Å²) in [7, 11) is -9.43. The molecule has 0 saturated carbocycles. The number of aryl methyl sites for hydroxylation is 1. The molecule has 1 aromatic heterocycles. The van der Waals surface area contributed by atoms with Gasteiger partial charge in [-0.2, -0.15) is 16.8 Å². The molecule has 0 unspecified atom stereocenters. The Kier molecular flexibility index (Phi) is 5.31. The first kappa shape index (κ1) is 23.2. The lowest BCUT2D eigenvalue weighted by atomic mass is 10.1. The Hall–Kier alpha value is -4.01. The van der Waals surface area contributed by atoms with Gasteiger partial charge in [-0.25, -0.2) is 0 Å². The predicted molar refractivity (Wildman–Crippen MR) is 117 cm³/mol. The van der Waals surface area contributed by atoms with E-state index in [1.165, 1.54) is 24.3 Å². The lowest BCUT2D eigenvalue weighted by molar-refractivity contribution is 0.0879. The van der Waals surface area contributed by atoms with Crippen molar-refractivity contribution >= 4 is 37.9 Å². The van der Waals surface area contributed by atoms with E-state index in [1.807, 2.05) is 5.32 Å². The summed E-state index contributed by atoms with van der Waals surface area (Å²) in [5.74, 6) is -2.80. The van der Waals surface area contributed by atoms with Crippen molar-refractivity contribution in [3.63, 3.8) is 0 Å². The molecule has 2 aromatic carbocycles. The molecule has 0 aliphatic carbocycles. The number of hydrogen-bond acceptors (Lipinski definition) is 9. The smallest absolute Gasteiger partial charge is 0.339 e. The number of rotatable bonds is 5. The minimum atomic E-state index is -5.06.